The number of amidine groups is 1. The van der Waals surface area contributed by atoms with E-state index >= 15 is 0 Å². The van der Waals surface area contributed by atoms with Crippen LogP contribution in [0, 0.1) is 22.7 Å². The monoisotopic (exact) mass is 440 g/mol. The van der Waals surface area contributed by atoms with Crippen LogP contribution in [0.5, 0.6) is 0 Å². The maximum atomic E-state index is 13.2. The first-order valence-corrected chi connectivity index (χ1v) is 9.54. The van der Waals surface area contributed by atoms with E-state index in [1.807, 2.05) is 6.07 Å². The van der Waals surface area contributed by atoms with Gasteiger partial charge in [-0.25, -0.2) is 0 Å². The number of ketones is 1. The number of allylic oxidation sites excluding steroid dienone is 2. The Labute approximate surface area is 182 Å². The zero-order valence-corrected chi connectivity index (χ0v) is 17.2. The number of nitriles is 1. The summed E-state index contributed by atoms with van der Waals surface area (Å²) < 4.78 is 39.7. The van der Waals surface area contributed by atoms with Crippen LogP contribution in [0.1, 0.15) is 36.5 Å². The minimum absolute atomic E-state index is 0.00870. The van der Waals surface area contributed by atoms with E-state index in [2.05, 4.69) is 0 Å². The number of carbonyl (C=O) groups excluding carboxylic acids is 2. The lowest BCUT2D eigenvalue weighted by atomic mass is 9.74. The summed E-state index contributed by atoms with van der Waals surface area (Å²) in [7, 11) is 0. The molecule has 1 heterocycles. The zero-order valence-electron chi connectivity index (χ0n) is 17.2. The largest absolute Gasteiger partial charge is 0.416 e. The lowest BCUT2D eigenvalue weighted by Gasteiger charge is -2.40. The number of amides is 1. The molecule has 1 aliphatic rings. The molecule has 1 aliphatic heterocycles. The molecule has 3 N–H and O–H groups in total. The van der Waals surface area contributed by atoms with E-state index in [0.29, 0.717) is 11.1 Å². The van der Waals surface area contributed by atoms with Gasteiger partial charge in [-0.05, 0) is 49.7 Å². The number of nitrogens with one attached hydrogen (secondary N) is 1. The fourth-order valence-corrected chi connectivity index (χ4v) is 4.04. The van der Waals surface area contributed by atoms with Gasteiger partial charge in [0.25, 0.3) is 0 Å². The van der Waals surface area contributed by atoms with Gasteiger partial charge in [0.2, 0.25) is 5.91 Å². The molecular formula is C23H19F3N4O2. The number of halogens is 3. The minimum atomic E-state index is -4.61. The van der Waals surface area contributed by atoms with Crippen molar-refractivity contribution in [2.24, 2.45) is 11.7 Å². The quantitative estimate of drug-likeness (QED) is 0.745. The second kappa shape index (κ2) is 8.30. The molecule has 0 saturated heterocycles. The van der Waals surface area contributed by atoms with Crippen LogP contribution in [0.25, 0.3) is 0 Å². The smallest absolute Gasteiger partial charge is 0.369 e. The molecule has 164 valence electrons. The van der Waals surface area contributed by atoms with Crippen LogP contribution in [0.15, 0.2) is 59.8 Å². The molecule has 0 radical (unpaired) electrons. The van der Waals surface area contributed by atoms with Gasteiger partial charge in [0.1, 0.15) is 11.8 Å². The number of alkyl halides is 3. The average Bonchev–Trinajstić information content (AvgIpc) is 2.72. The highest BCUT2D eigenvalue weighted by molar-refractivity contribution is 6.15. The normalized spacial score (nSPS) is 19.0. The lowest BCUT2D eigenvalue weighted by Crippen LogP contribution is -2.49. The van der Waals surface area contributed by atoms with Crippen LogP contribution in [0.4, 0.5) is 18.9 Å². The molecule has 0 bridgehead atoms. The number of benzene rings is 2. The SMILES string of the molecule is CC(=O)C1=C(C)N(c2cccc(C(F)(F)F)c2)C(=N)C(C(N)=O)C1c1ccc(C#N)cc1. The number of primary amides is 1. The van der Waals surface area contributed by atoms with Crippen molar-refractivity contribution in [1.82, 2.24) is 0 Å². The highest BCUT2D eigenvalue weighted by Crippen LogP contribution is 2.43. The van der Waals surface area contributed by atoms with Gasteiger partial charge < -0.3 is 10.6 Å². The Morgan fingerprint density at radius 1 is 1.16 bits per heavy atom. The summed E-state index contributed by atoms with van der Waals surface area (Å²) in [6.45, 7) is 2.80. The number of nitrogens with zero attached hydrogens (tertiary/aromatic N) is 2. The zero-order chi connectivity index (χ0) is 23.8. The number of hydrogen-bond acceptors (Lipinski definition) is 4. The van der Waals surface area contributed by atoms with Crippen molar-refractivity contribution in [2.75, 3.05) is 4.90 Å². The van der Waals surface area contributed by atoms with E-state index in [-0.39, 0.29) is 22.8 Å². The molecule has 0 saturated carbocycles. The van der Waals surface area contributed by atoms with Crippen LogP contribution in [0.2, 0.25) is 0 Å². The fraction of sp³-hybridized carbons (Fsp3) is 0.217. The van der Waals surface area contributed by atoms with Crippen molar-refractivity contribution < 1.29 is 22.8 Å². The first kappa shape index (κ1) is 22.7. The summed E-state index contributed by atoms with van der Waals surface area (Å²) in [4.78, 5) is 26.2. The molecule has 0 aliphatic carbocycles. The molecule has 3 rings (SSSR count). The van der Waals surface area contributed by atoms with Gasteiger partial charge >= 0.3 is 6.18 Å². The Morgan fingerprint density at radius 3 is 2.28 bits per heavy atom. The van der Waals surface area contributed by atoms with Crippen LogP contribution in [-0.4, -0.2) is 17.5 Å². The lowest BCUT2D eigenvalue weighted by molar-refractivity contribution is -0.137. The highest BCUT2D eigenvalue weighted by atomic mass is 19.4. The van der Waals surface area contributed by atoms with Gasteiger partial charge in [-0.2, -0.15) is 18.4 Å². The van der Waals surface area contributed by atoms with Gasteiger partial charge in [-0.3, -0.25) is 15.0 Å². The summed E-state index contributed by atoms with van der Waals surface area (Å²) >= 11 is 0. The van der Waals surface area contributed by atoms with Crippen molar-refractivity contribution in [3.8, 4) is 6.07 Å². The molecule has 2 atom stereocenters. The van der Waals surface area contributed by atoms with E-state index in [1.165, 1.54) is 38.1 Å². The van der Waals surface area contributed by atoms with Gasteiger partial charge in [0.15, 0.2) is 5.78 Å². The van der Waals surface area contributed by atoms with Crippen molar-refractivity contribution in [3.05, 3.63) is 76.5 Å². The molecule has 0 spiro atoms. The van der Waals surface area contributed by atoms with Crippen molar-refractivity contribution in [3.63, 3.8) is 0 Å². The maximum absolute atomic E-state index is 13.2. The third-order valence-corrected chi connectivity index (χ3v) is 5.42. The number of hydrogen-bond donors (Lipinski definition) is 2. The molecule has 32 heavy (non-hydrogen) atoms. The Hall–Kier alpha value is -3.93. The van der Waals surface area contributed by atoms with E-state index in [1.54, 1.807) is 12.1 Å². The van der Waals surface area contributed by atoms with E-state index < -0.39 is 35.3 Å². The first-order chi connectivity index (χ1) is 15.0. The van der Waals surface area contributed by atoms with Crippen LogP contribution in [-0.2, 0) is 15.8 Å². The molecule has 2 aromatic rings. The summed E-state index contributed by atoms with van der Waals surface area (Å²) in [6.07, 6.45) is -4.61. The predicted molar refractivity (Wildman–Crippen MR) is 112 cm³/mol. The Morgan fingerprint density at radius 2 is 1.78 bits per heavy atom. The maximum Gasteiger partial charge on any atom is 0.416 e. The Kier molecular flexibility index (Phi) is 5.90. The van der Waals surface area contributed by atoms with Gasteiger partial charge in [0.05, 0.1) is 17.2 Å². The molecule has 0 fully saturated rings. The van der Waals surface area contributed by atoms with E-state index in [0.717, 1.165) is 17.0 Å². The second-order valence-electron chi connectivity index (χ2n) is 7.42. The third kappa shape index (κ3) is 3.99. The number of anilines is 1. The fourth-order valence-electron chi connectivity index (χ4n) is 4.04. The summed E-state index contributed by atoms with van der Waals surface area (Å²) in [6, 6.07) is 12.5. The predicted octanol–water partition coefficient (Wildman–Crippen LogP) is 4.12. The number of rotatable bonds is 4. The summed E-state index contributed by atoms with van der Waals surface area (Å²) in [5.41, 5.74) is 5.93. The van der Waals surface area contributed by atoms with E-state index in [4.69, 9.17) is 16.4 Å². The standard InChI is InChI=1S/C23H19F3N4O2/c1-12-18(13(2)31)19(15-8-6-14(11-27)7-9-15)20(22(29)32)21(28)30(12)17-5-3-4-16(10-17)23(24,25)26/h3-10,19-20,28H,1-2H3,(H2,29,32). The molecule has 9 heteroatoms. The molecule has 0 aromatic heterocycles. The number of carbonyl (C=O) groups is 2. The highest BCUT2D eigenvalue weighted by Gasteiger charge is 2.44. The second-order valence-corrected chi connectivity index (χ2v) is 7.42. The number of nitrogens with two attached hydrogens (primary N) is 1. The van der Waals surface area contributed by atoms with Crippen LogP contribution in [0.3, 0.4) is 0 Å². The van der Waals surface area contributed by atoms with Crippen molar-refractivity contribution in [2.45, 2.75) is 25.9 Å². The minimum Gasteiger partial charge on any atom is -0.369 e. The van der Waals surface area contributed by atoms with E-state index in [9.17, 15) is 22.8 Å². The Balaban J connectivity index is 2.26. The van der Waals surface area contributed by atoms with Gasteiger partial charge in [-0.1, -0.05) is 18.2 Å². The Bertz CT molecular complexity index is 1180. The third-order valence-electron chi connectivity index (χ3n) is 5.42. The number of Topliss-reactive ketones (excluding diaryl/α,β-unsaturated/α-hetero) is 1. The molecule has 2 aromatic carbocycles. The molecule has 6 nitrogen and oxygen atoms in total. The molecule has 2 unspecified atom stereocenters. The topological polar surface area (TPSA) is 111 Å². The first-order valence-electron chi connectivity index (χ1n) is 9.54. The van der Waals surface area contributed by atoms with Gasteiger partial charge in [-0.15, -0.1) is 0 Å². The van der Waals surface area contributed by atoms with Crippen molar-refractivity contribution in [1.29, 1.82) is 10.7 Å². The summed E-state index contributed by atoms with van der Waals surface area (Å²) in [5.74, 6) is -3.86. The van der Waals surface area contributed by atoms with Crippen molar-refractivity contribution >= 4 is 23.2 Å². The van der Waals surface area contributed by atoms with Crippen LogP contribution < -0.4 is 10.6 Å². The molecule has 1 amide bonds. The van der Waals surface area contributed by atoms with Crippen LogP contribution >= 0.6 is 0 Å². The summed E-state index contributed by atoms with van der Waals surface area (Å²) in [5, 5.41) is 17.7. The average molecular weight is 440 g/mol. The van der Waals surface area contributed by atoms with Gasteiger partial charge in [0, 0.05) is 22.9 Å². The molecular weight excluding hydrogens is 421 g/mol.